The van der Waals surface area contributed by atoms with Crippen LogP contribution >= 0.6 is 0 Å². The molecule has 0 radical (unpaired) electrons. The van der Waals surface area contributed by atoms with E-state index in [4.69, 9.17) is 4.42 Å². The van der Waals surface area contributed by atoms with Crippen LogP contribution < -0.4 is 4.90 Å². The summed E-state index contributed by atoms with van der Waals surface area (Å²) in [5.41, 5.74) is 1.92. The second-order valence-electron chi connectivity index (χ2n) is 6.73. The van der Waals surface area contributed by atoms with Gasteiger partial charge in [0, 0.05) is 37.4 Å². The van der Waals surface area contributed by atoms with Gasteiger partial charge in [0.15, 0.2) is 0 Å². The average molecular weight is 396 g/mol. The van der Waals surface area contributed by atoms with Crippen molar-refractivity contribution in [2.75, 3.05) is 31.1 Å². The number of anilines is 1. The standard InChI is InChI=1S/C16H19F3N8O/c1-10-11(2)22-15-20-9-21-27(15)13(10)26-5-3-4-25(6-7-26)8-12-23-24-14(28-12)16(17,18)19/h9H,3-8H2,1-2H3. The van der Waals surface area contributed by atoms with Crippen LogP contribution in [0.1, 0.15) is 29.5 Å². The lowest BCUT2D eigenvalue weighted by atomic mass is 10.2. The highest BCUT2D eigenvalue weighted by molar-refractivity contribution is 5.54. The summed E-state index contributed by atoms with van der Waals surface area (Å²) in [6, 6.07) is 0. The third-order valence-electron chi connectivity index (χ3n) is 4.83. The van der Waals surface area contributed by atoms with Crippen LogP contribution in [0.4, 0.5) is 19.0 Å². The van der Waals surface area contributed by atoms with E-state index in [2.05, 4.69) is 30.2 Å². The van der Waals surface area contributed by atoms with Gasteiger partial charge in [-0.05, 0) is 20.3 Å². The fraction of sp³-hybridized carbons (Fsp3) is 0.562. The number of alkyl halides is 3. The molecule has 0 aliphatic carbocycles. The number of hydrogen-bond donors (Lipinski definition) is 0. The van der Waals surface area contributed by atoms with Crippen molar-refractivity contribution in [1.82, 2.24) is 34.7 Å². The van der Waals surface area contributed by atoms with Gasteiger partial charge in [0.2, 0.25) is 5.89 Å². The molecule has 0 bridgehead atoms. The van der Waals surface area contributed by atoms with Gasteiger partial charge >= 0.3 is 12.1 Å². The fourth-order valence-electron chi connectivity index (χ4n) is 3.35. The highest BCUT2D eigenvalue weighted by Gasteiger charge is 2.38. The largest absolute Gasteiger partial charge is 0.470 e. The highest BCUT2D eigenvalue weighted by Crippen LogP contribution is 2.28. The summed E-state index contributed by atoms with van der Waals surface area (Å²) >= 11 is 0. The van der Waals surface area contributed by atoms with Crippen LogP contribution in [0.15, 0.2) is 10.7 Å². The lowest BCUT2D eigenvalue weighted by molar-refractivity contribution is -0.157. The molecule has 0 amide bonds. The molecule has 150 valence electrons. The molecule has 1 aliphatic rings. The van der Waals surface area contributed by atoms with Crippen molar-refractivity contribution in [2.24, 2.45) is 0 Å². The first-order valence-corrected chi connectivity index (χ1v) is 8.87. The summed E-state index contributed by atoms with van der Waals surface area (Å²) in [6.45, 7) is 6.94. The molecule has 3 aromatic heterocycles. The van der Waals surface area contributed by atoms with E-state index in [9.17, 15) is 13.2 Å². The van der Waals surface area contributed by atoms with Crippen molar-refractivity contribution >= 4 is 11.6 Å². The molecule has 0 saturated carbocycles. The van der Waals surface area contributed by atoms with Gasteiger partial charge in [0.25, 0.3) is 5.78 Å². The summed E-state index contributed by atoms with van der Waals surface area (Å²) in [6.07, 6.45) is -2.32. The predicted octanol–water partition coefficient (Wildman–Crippen LogP) is 1.86. The van der Waals surface area contributed by atoms with E-state index in [1.807, 2.05) is 18.7 Å². The number of aromatic nitrogens is 6. The van der Waals surface area contributed by atoms with E-state index < -0.39 is 12.1 Å². The molecular formula is C16H19F3N8O. The molecule has 4 heterocycles. The molecule has 0 atom stereocenters. The molecule has 1 saturated heterocycles. The first-order valence-electron chi connectivity index (χ1n) is 8.87. The van der Waals surface area contributed by atoms with E-state index in [1.165, 1.54) is 6.33 Å². The van der Waals surface area contributed by atoms with Crippen molar-refractivity contribution in [3.63, 3.8) is 0 Å². The summed E-state index contributed by atoms with van der Waals surface area (Å²) < 4.78 is 44.3. The number of hydrogen-bond acceptors (Lipinski definition) is 8. The number of halogens is 3. The summed E-state index contributed by atoms with van der Waals surface area (Å²) in [4.78, 5) is 12.8. The smallest absolute Gasteiger partial charge is 0.416 e. The van der Waals surface area contributed by atoms with Crippen molar-refractivity contribution in [2.45, 2.75) is 33.0 Å². The van der Waals surface area contributed by atoms with Gasteiger partial charge in [0.1, 0.15) is 12.1 Å². The van der Waals surface area contributed by atoms with Crippen molar-refractivity contribution < 1.29 is 17.6 Å². The Morgan fingerprint density at radius 3 is 2.68 bits per heavy atom. The summed E-state index contributed by atoms with van der Waals surface area (Å²) in [7, 11) is 0. The minimum absolute atomic E-state index is 0.0321. The topological polar surface area (TPSA) is 88.5 Å². The van der Waals surface area contributed by atoms with Crippen LogP contribution in [0, 0.1) is 13.8 Å². The van der Waals surface area contributed by atoms with Gasteiger partial charge in [-0.25, -0.2) is 4.98 Å². The van der Waals surface area contributed by atoms with Gasteiger partial charge < -0.3 is 9.32 Å². The van der Waals surface area contributed by atoms with E-state index in [0.29, 0.717) is 25.4 Å². The molecule has 1 aliphatic heterocycles. The maximum absolute atomic E-state index is 12.6. The third-order valence-corrected chi connectivity index (χ3v) is 4.83. The Kier molecular flexibility index (Phi) is 4.65. The van der Waals surface area contributed by atoms with Gasteiger partial charge in [-0.2, -0.15) is 27.8 Å². The average Bonchev–Trinajstić information content (AvgIpc) is 3.22. The molecule has 0 aromatic carbocycles. The van der Waals surface area contributed by atoms with Crippen LogP contribution in [0.2, 0.25) is 0 Å². The SMILES string of the molecule is Cc1nc2ncnn2c(N2CCCN(Cc3nnc(C(F)(F)F)o3)CC2)c1C. The molecular weight excluding hydrogens is 377 g/mol. The molecule has 4 rings (SSSR count). The first-order chi connectivity index (χ1) is 13.3. The number of nitrogens with zero attached hydrogens (tertiary/aromatic N) is 8. The monoisotopic (exact) mass is 396 g/mol. The molecule has 3 aromatic rings. The zero-order valence-electron chi connectivity index (χ0n) is 15.4. The molecule has 0 N–H and O–H groups in total. The van der Waals surface area contributed by atoms with Crippen LogP contribution in [-0.4, -0.2) is 60.9 Å². The number of rotatable bonds is 3. The van der Waals surface area contributed by atoms with Crippen LogP contribution in [-0.2, 0) is 12.7 Å². The molecule has 28 heavy (non-hydrogen) atoms. The van der Waals surface area contributed by atoms with E-state index in [1.54, 1.807) is 4.52 Å². The van der Waals surface area contributed by atoms with E-state index in [0.717, 1.165) is 30.0 Å². The van der Waals surface area contributed by atoms with Gasteiger partial charge in [-0.3, -0.25) is 4.90 Å². The van der Waals surface area contributed by atoms with Crippen molar-refractivity contribution in [3.8, 4) is 0 Å². The lowest BCUT2D eigenvalue weighted by Gasteiger charge is -2.25. The minimum atomic E-state index is -4.62. The number of fused-ring (bicyclic) bond motifs is 1. The maximum atomic E-state index is 12.6. The third kappa shape index (κ3) is 3.51. The molecule has 1 fully saturated rings. The van der Waals surface area contributed by atoms with E-state index >= 15 is 0 Å². The molecule has 0 unspecified atom stereocenters. The first kappa shape index (κ1) is 18.6. The highest BCUT2D eigenvalue weighted by atomic mass is 19.4. The van der Waals surface area contributed by atoms with Crippen molar-refractivity contribution in [3.05, 3.63) is 29.4 Å². The van der Waals surface area contributed by atoms with Gasteiger partial charge in [-0.15, -0.1) is 10.2 Å². The fourth-order valence-corrected chi connectivity index (χ4v) is 3.35. The summed E-state index contributed by atoms with van der Waals surface area (Å²) in [5.74, 6) is 0.148. The Morgan fingerprint density at radius 2 is 1.93 bits per heavy atom. The molecule has 0 spiro atoms. The predicted molar refractivity (Wildman–Crippen MR) is 91.7 cm³/mol. The quantitative estimate of drug-likeness (QED) is 0.663. The Labute approximate surface area is 158 Å². The van der Waals surface area contributed by atoms with Crippen molar-refractivity contribution in [1.29, 1.82) is 0 Å². The second-order valence-corrected chi connectivity index (χ2v) is 6.73. The van der Waals surface area contributed by atoms with Crippen LogP contribution in [0.25, 0.3) is 5.78 Å². The van der Waals surface area contributed by atoms with E-state index in [-0.39, 0.29) is 12.4 Å². The normalized spacial score (nSPS) is 16.7. The molecule has 12 heteroatoms. The zero-order chi connectivity index (χ0) is 19.9. The van der Waals surface area contributed by atoms with Gasteiger partial charge in [-0.1, -0.05) is 0 Å². The Bertz CT molecular complexity index is 982. The molecule has 9 nitrogen and oxygen atoms in total. The lowest BCUT2D eigenvalue weighted by Crippen LogP contribution is -2.32. The second kappa shape index (κ2) is 7.00. The Balaban J connectivity index is 1.50. The number of aryl methyl sites for hydroxylation is 1. The van der Waals surface area contributed by atoms with Crippen LogP contribution in [0.3, 0.4) is 0 Å². The Hall–Kier alpha value is -2.76. The van der Waals surface area contributed by atoms with Crippen LogP contribution in [0.5, 0.6) is 0 Å². The Morgan fingerprint density at radius 1 is 1.11 bits per heavy atom. The maximum Gasteiger partial charge on any atom is 0.470 e. The minimum Gasteiger partial charge on any atom is -0.416 e. The van der Waals surface area contributed by atoms with Gasteiger partial charge in [0.05, 0.1) is 6.54 Å². The zero-order valence-corrected chi connectivity index (χ0v) is 15.4. The summed E-state index contributed by atoms with van der Waals surface area (Å²) in [5, 5.41) is 10.9.